The molecule has 0 spiro atoms. The first-order valence-corrected chi connectivity index (χ1v) is 5.86. The Kier molecular flexibility index (Phi) is 2.70. The topological polar surface area (TPSA) is 61.3 Å². The van der Waals surface area contributed by atoms with Crippen molar-refractivity contribution >= 4 is 11.1 Å². The Morgan fingerprint density at radius 3 is 2.94 bits per heavy atom. The number of nitrogens with zero attached hydrogens (tertiary/aromatic N) is 1. The predicted octanol–water partition coefficient (Wildman–Crippen LogP) is 0.526. The second kappa shape index (κ2) is 4.35. The van der Waals surface area contributed by atoms with E-state index < -0.39 is 0 Å². The van der Waals surface area contributed by atoms with Crippen molar-refractivity contribution < 1.29 is 4.42 Å². The molecule has 1 fully saturated rings. The van der Waals surface area contributed by atoms with Gasteiger partial charge in [0.25, 0.3) is 0 Å². The van der Waals surface area contributed by atoms with Crippen LogP contribution in [0.5, 0.6) is 0 Å². The van der Waals surface area contributed by atoms with Gasteiger partial charge in [0.15, 0.2) is 5.58 Å². The summed E-state index contributed by atoms with van der Waals surface area (Å²) in [5.41, 5.74) is 2.59. The Morgan fingerprint density at radius 1 is 1.29 bits per heavy atom. The van der Waals surface area contributed by atoms with E-state index in [9.17, 15) is 4.79 Å². The normalized spacial score (nSPS) is 17.6. The highest BCUT2D eigenvalue weighted by Crippen LogP contribution is 2.14. The van der Waals surface area contributed by atoms with Crippen LogP contribution in [0.4, 0.5) is 0 Å². The minimum Gasteiger partial charge on any atom is -0.408 e. The average molecular weight is 233 g/mol. The lowest BCUT2D eigenvalue weighted by molar-refractivity contribution is 0.233. The number of H-pyrrole nitrogens is 1. The molecule has 90 valence electrons. The lowest BCUT2D eigenvalue weighted by Crippen LogP contribution is -2.42. The Labute approximate surface area is 98.4 Å². The van der Waals surface area contributed by atoms with Crippen molar-refractivity contribution in [1.29, 1.82) is 0 Å². The van der Waals surface area contributed by atoms with Crippen molar-refractivity contribution in [3.05, 3.63) is 34.3 Å². The fourth-order valence-electron chi connectivity index (χ4n) is 2.22. The number of hydrogen-bond acceptors (Lipinski definition) is 4. The van der Waals surface area contributed by atoms with E-state index in [1.165, 1.54) is 5.56 Å². The quantitative estimate of drug-likeness (QED) is 0.794. The van der Waals surface area contributed by atoms with Crippen LogP contribution in [0, 0.1) is 0 Å². The molecule has 0 radical (unpaired) electrons. The van der Waals surface area contributed by atoms with Crippen molar-refractivity contribution in [2.24, 2.45) is 0 Å². The molecule has 1 aliphatic heterocycles. The fraction of sp³-hybridized carbons (Fsp3) is 0.417. The van der Waals surface area contributed by atoms with Crippen molar-refractivity contribution in [3.8, 4) is 0 Å². The Bertz CT molecular complexity index is 566. The first kappa shape index (κ1) is 10.6. The van der Waals surface area contributed by atoms with Gasteiger partial charge in [-0.1, -0.05) is 6.07 Å². The summed E-state index contributed by atoms with van der Waals surface area (Å²) in [7, 11) is 0. The SMILES string of the molecule is O=c1[nH]c2ccc(CN3CCNCC3)cc2o1. The van der Waals surface area contributed by atoms with Gasteiger partial charge in [-0.3, -0.25) is 9.88 Å². The highest BCUT2D eigenvalue weighted by Gasteiger charge is 2.10. The molecule has 0 amide bonds. The molecule has 1 aromatic carbocycles. The number of piperazine rings is 1. The zero-order valence-corrected chi connectivity index (χ0v) is 9.53. The van der Waals surface area contributed by atoms with Crippen LogP contribution in [0.3, 0.4) is 0 Å². The predicted molar refractivity (Wildman–Crippen MR) is 65.0 cm³/mol. The van der Waals surface area contributed by atoms with Crippen LogP contribution in [0.2, 0.25) is 0 Å². The standard InChI is InChI=1S/C12H15N3O2/c16-12-14-10-2-1-9(7-11(10)17-12)8-15-5-3-13-4-6-15/h1-2,7,13H,3-6,8H2,(H,14,16). The number of oxazole rings is 1. The molecule has 5 nitrogen and oxygen atoms in total. The van der Waals surface area contributed by atoms with Crippen molar-refractivity contribution in [3.63, 3.8) is 0 Å². The number of hydrogen-bond donors (Lipinski definition) is 2. The highest BCUT2D eigenvalue weighted by molar-refractivity contribution is 5.72. The van der Waals surface area contributed by atoms with Gasteiger partial charge < -0.3 is 9.73 Å². The van der Waals surface area contributed by atoms with Crippen molar-refractivity contribution in [2.45, 2.75) is 6.54 Å². The molecule has 1 aromatic heterocycles. The van der Waals surface area contributed by atoms with Gasteiger partial charge in [0.2, 0.25) is 0 Å². The minimum absolute atomic E-state index is 0.390. The van der Waals surface area contributed by atoms with Crippen LogP contribution >= 0.6 is 0 Å². The van der Waals surface area contributed by atoms with Crippen LogP contribution in [-0.4, -0.2) is 36.1 Å². The maximum absolute atomic E-state index is 11.0. The van der Waals surface area contributed by atoms with Crippen molar-refractivity contribution in [1.82, 2.24) is 15.2 Å². The monoisotopic (exact) mass is 233 g/mol. The fourth-order valence-corrected chi connectivity index (χ4v) is 2.22. The number of aromatic nitrogens is 1. The number of nitrogens with one attached hydrogen (secondary N) is 2. The molecule has 0 atom stereocenters. The van der Waals surface area contributed by atoms with Gasteiger partial charge in [0.1, 0.15) is 0 Å². The molecule has 0 saturated carbocycles. The van der Waals surface area contributed by atoms with Gasteiger partial charge >= 0.3 is 5.76 Å². The summed E-state index contributed by atoms with van der Waals surface area (Å²) in [5.74, 6) is -0.390. The van der Waals surface area contributed by atoms with E-state index in [0.717, 1.165) is 38.2 Å². The second-order valence-electron chi connectivity index (χ2n) is 4.37. The average Bonchev–Trinajstić information content (AvgIpc) is 2.70. The number of benzene rings is 1. The van der Waals surface area contributed by atoms with E-state index >= 15 is 0 Å². The largest absolute Gasteiger partial charge is 0.417 e. The molecule has 1 saturated heterocycles. The summed E-state index contributed by atoms with van der Waals surface area (Å²) in [6, 6.07) is 5.88. The molecule has 5 heteroatoms. The van der Waals surface area contributed by atoms with E-state index in [0.29, 0.717) is 5.58 Å². The van der Waals surface area contributed by atoms with Crippen LogP contribution in [0.15, 0.2) is 27.4 Å². The highest BCUT2D eigenvalue weighted by atomic mass is 16.4. The first-order chi connectivity index (χ1) is 8.31. The first-order valence-electron chi connectivity index (χ1n) is 5.86. The summed E-state index contributed by atoms with van der Waals surface area (Å²) >= 11 is 0. The molecular formula is C12H15N3O2. The van der Waals surface area contributed by atoms with Crippen LogP contribution in [-0.2, 0) is 6.54 Å². The molecule has 2 N–H and O–H groups in total. The maximum atomic E-state index is 11.0. The van der Waals surface area contributed by atoms with Gasteiger partial charge in [-0.05, 0) is 17.7 Å². The Balaban J connectivity index is 1.82. The summed E-state index contributed by atoms with van der Waals surface area (Å²) in [6.07, 6.45) is 0. The van der Waals surface area contributed by atoms with E-state index in [4.69, 9.17) is 4.42 Å². The zero-order chi connectivity index (χ0) is 11.7. The van der Waals surface area contributed by atoms with Crippen LogP contribution in [0.25, 0.3) is 11.1 Å². The smallest absolute Gasteiger partial charge is 0.408 e. The summed E-state index contributed by atoms with van der Waals surface area (Å²) in [5, 5.41) is 3.33. The molecule has 0 bridgehead atoms. The van der Waals surface area contributed by atoms with Gasteiger partial charge in [-0.25, -0.2) is 4.79 Å². The van der Waals surface area contributed by atoms with E-state index in [1.54, 1.807) is 0 Å². The third-order valence-corrected chi connectivity index (χ3v) is 3.10. The molecule has 1 aliphatic rings. The van der Waals surface area contributed by atoms with Gasteiger partial charge in [-0.2, -0.15) is 0 Å². The second-order valence-corrected chi connectivity index (χ2v) is 4.37. The van der Waals surface area contributed by atoms with Gasteiger partial charge in [0.05, 0.1) is 5.52 Å². The van der Waals surface area contributed by atoms with Crippen LogP contribution in [0.1, 0.15) is 5.56 Å². The molecule has 0 aliphatic carbocycles. The van der Waals surface area contributed by atoms with Crippen molar-refractivity contribution in [2.75, 3.05) is 26.2 Å². The van der Waals surface area contributed by atoms with E-state index in [2.05, 4.69) is 15.2 Å². The third-order valence-electron chi connectivity index (χ3n) is 3.10. The zero-order valence-electron chi connectivity index (χ0n) is 9.53. The number of fused-ring (bicyclic) bond motifs is 1. The molecule has 2 heterocycles. The lowest BCUT2D eigenvalue weighted by atomic mass is 10.2. The van der Waals surface area contributed by atoms with E-state index in [-0.39, 0.29) is 5.76 Å². The maximum Gasteiger partial charge on any atom is 0.417 e. The molecule has 3 rings (SSSR count). The number of rotatable bonds is 2. The summed E-state index contributed by atoms with van der Waals surface area (Å²) in [4.78, 5) is 16.1. The Morgan fingerprint density at radius 2 is 2.12 bits per heavy atom. The van der Waals surface area contributed by atoms with Gasteiger partial charge in [-0.15, -0.1) is 0 Å². The minimum atomic E-state index is -0.390. The summed E-state index contributed by atoms with van der Waals surface area (Å²) < 4.78 is 5.06. The summed E-state index contributed by atoms with van der Waals surface area (Å²) in [6.45, 7) is 5.12. The molecule has 2 aromatic rings. The molecular weight excluding hydrogens is 218 g/mol. The molecule has 0 unspecified atom stereocenters. The van der Waals surface area contributed by atoms with Crippen LogP contribution < -0.4 is 11.1 Å². The molecule has 17 heavy (non-hydrogen) atoms. The number of aromatic amines is 1. The van der Waals surface area contributed by atoms with Gasteiger partial charge in [0, 0.05) is 32.7 Å². The van der Waals surface area contributed by atoms with E-state index in [1.807, 2.05) is 18.2 Å². The third kappa shape index (κ3) is 2.25. The lowest BCUT2D eigenvalue weighted by Gasteiger charge is -2.27. The Hall–Kier alpha value is -1.59.